The van der Waals surface area contributed by atoms with Crippen LogP contribution in [0.15, 0.2) is 35.2 Å². The third-order valence-electron chi connectivity index (χ3n) is 2.70. The first-order chi connectivity index (χ1) is 11.5. The molecule has 1 rings (SSSR count). The monoisotopic (exact) mass is 362 g/mol. The Morgan fingerprint density at radius 1 is 0.833 bits per heavy atom. The molecular formula is C15H22O8S. The Morgan fingerprint density at radius 2 is 1.33 bits per heavy atom. The van der Waals surface area contributed by atoms with Crippen molar-refractivity contribution in [3.63, 3.8) is 0 Å². The van der Waals surface area contributed by atoms with Gasteiger partial charge in [0.2, 0.25) is 0 Å². The van der Waals surface area contributed by atoms with Crippen molar-refractivity contribution < 1.29 is 36.7 Å². The number of aliphatic carboxylic acids is 1. The summed E-state index contributed by atoms with van der Waals surface area (Å²) in [4.78, 5) is 10.3. The van der Waals surface area contributed by atoms with Crippen LogP contribution in [0, 0.1) is 0 Å². The van der Waals surface area contributed by atoms with Crippen LogP contribution >= 0.6 is 0 Å². The predicted octanol–water partition coefficient (Wildman–Crippen LogP) is 0.916. The molecule has 136 valence electrons. The molecule has 0 spiro atoms. The van der Waals surface area contributed by atoms with Crippen LogP contribution in [-0.2, 0) is 33.3 Å². The first kappa shape index (κ1) is 20.5. The lowest BCUT2D eigenvalue weighted by molar-refractivity contribution is -0.138. The summed E-state index contributed by atoms with van der Waals surface area (Å²) >= 11 is 0. The van der Waals surface area contributed by atoms with Gasteiger partial charge >= 0.3 is 5.97 Å². The van der Waals surface area contributed by atoms with E-state index in [1.165, 1.54) is 12.1 Å². The average molecular weight is 362 g/mol. The highest BCUT2D eigenvalue weighted by Gasteiger charge is 2.13. The van der Waals surface area contributed by atoms with Crippen LogP contribution < -0.4 is 0 Å². The van der Waals surface area contributed by atoms with Crippen molar-refractivity contribution in [2.24, 2.45) is 0 Å². The highest BCUT2D eigenvalue weighted by atomic mass is 32.2. The van der Waals surface area contributed by atoms with E-state index < -0.39 is 16.1 Å². The highest BCUT2D eigenvalue weighted by molar-refractivity contribution is 7.86. The molecule has 0 aromatic heterocycles. The van der Waals surface area contributed by atoms with Gasteiger partial charge in [-0.2, -0.15) is 8.42 Å². The Hall–Kier alpha value is -1.52. The fourth-order valence-electron chi connectivity index (χ4n) is 1.56. The first-order valence-electron chi connectivity index (χ1n) is 7.42. The highest BCUT2D eigenvalue weighted by Crippen LogP contribution is 2.10. The van der Waals surface area contributed by atoms with E-state index >= 15 is 0 Å². The lowest BCUT2D eigenvalue weighted by atomic mass is 10.4. The van der Waals surface area contributed by atoms with Gasteiger partial charge in [-0.15, -0.1) is 0 Å². The molecule has 0 bridgehead atoms. The molecule has 0 amide bonds. The maximum Gasteiger partial charge on any atom is 0.305 e. The topological polar surface area (TPSA) is 108 Å². The van der Waals surface area contributed by atoms with Crippen molar-refractivity contribution in [3.8, 4) is 0 Å². The molecule has 24 heavy (non-hydrogen) atoms. The van der Waals surface area contributed by atoms with Crippen LogP contribution in [0.2, 0.25) is 0 Å². The van der Waals surface area contributed by atoms with Gasteiger partial charge in [0, 0.05) is 0 Å². The Bertz CT molecular complexity index is 558. The normalized spacial score (nSPS) is 11.5. The Labute approximate surface area is 141 Å². The van der Waals surface area contributed by atoms with Crippen molar-refractivity contribution in [3.05, 3.63) is 30.3 Å². The molecule has 1 aromatic rings. The molecule has 1 N–H and O–H groups in total. The first-order valence-corrected chi connectivity index (χ1v) is 8.83. The zero-order valence-corrected chi connectivity index (χ0v) is 14.1. The summed E-state index contributed by atoms with van der Waals surface area (Å²) in [6, 6.07) is 7.88. The summed E-state index contributed by atoms with van der Waals surface area (Å²) in [7, 11) is -3.75. The molecular weight excluding hydrogens is 340 g/mol. The zero-order chi connectivity index (χ0) is 17.7. The Balaban J connectivity index is 1.95. The minimum Gasteiger partial charge on any atom is -0.481 e. The van der Waals surface area contributed by atoms with Crippen LogP contribution in [0.4, 0.5) is 0 Å². The molecule has 0 unspecified atom stereocenters. The fourth-order valence-corrected chi connectivity index (χ4v) is 2.47. The van der Waals surface area contributed by atoms with Gasteiger partial charge in [0.15, 0.2) is 0 Å². The molecule has 0 aliphatic rings. The number of rotatable bonds is 14. The smallest absolute Gasteiger partial charge is 0.305 e. The molecule has 0 saturated heterocycles. The van der Waals surface area contributed by atoms with Crippen LogP contribution in [0.1, 0.15) is 6.42 Å². The largest absolute Gasteiger partial charge is 0.481 e. The van der Waals surface area contributed by atoms with E-state index in [4.69, 9.17) is 23.5 Å². The zero-order valence-electron chi connectivity index (χ0n) is 13.3. The van der Waals surface area contributed by atoms with Crippen molar-refractivity contribution in [2.45, 2.75) is 11.3 Å². The van der Waals surface area contributed by atoms with E-state index in [0.29, 0.717) is 26.4 Å². The second-order valence-corrected chi connectivity index (χ2v) is 6.19. The average Bonchev–Trinajstić information content (AvgIpc) is 2.56. The summed E-state index contributed by atoms with van der Waals surface area (Å²) in [5.41, 5.74) is 0. The number of hydrogen-bond acceptors (Lipinski definition) is 7. The summed E-state index contributed by atoms with van der Waals surface area (Å²) in [6.07, 6.45) is -0.0327. The number of benzene rings is 1. The van der Waals surface area contributed by atoms with Gasteiger partial charge in [-0.05, 0) is 12.1 Å². The molecule has 0 atom stereocenters. The van der Waals surface area contributed by atoms with Crippen LogP contribution in [0.25, 0.3) is 0 Å². The van der Waals surface area contributed by atoms with Crippen molar-refractivity contribution >= 4 is 16.1 Å². The molecule has 8 nitrogen and oxygen atoms in total. The molecule has 0 heterocycles. The Kier molecular flexibility index (Phi) is 10.2. The van der Waals surface area contributed by atoms with Crippen molar-refractivity contribution in [1.29, 1.82) is 0 Å². The van der Waals surface area contributed by atoms with Gasteiger partial charge < -0.3 is 19.3 Å². The van der Waals surface area contributed by atoms with Crippen LogP contribution in [0.5, 0.6) is 0 Å². The summed E-state index contributed by atoms with van der Waals surface area (Å²) in [5.74, 6) is -0.902. The molecule has 0 aliphatic carbocycles. The van der Waals surface area contributed by atoms with Gasteiger partial charge in [-0.25, -0.2) is 0 Å². The van der Waals surface area contributed by atoms with E-state index in [9.17, 15) is 13.2 Å². The minimum absolute atomic E-state index is 0.0327. The SMILES string of the molecule is O=C(O)CCOCCOCCOCCOS(=O)(=O)c1ccccc1. The van der Waals surface area contributed by atoms with Crippen molar-refractivity contribution in [2.75, 3.05) is 46.2 Å². The summed E-state index contributed by atoms with van der Waals surface area (Å²) in [5, 5.41) is 8.40. The van der Waals surface area contributed by atoms with E-state index in [1.807, 2.05) is 0 Å². The minimum atomic E-state index is -3.75. The van der Waals surface area contributed by atoms with Gasteiger partial charge in [0.1, 0.15) is 0 Å². The van der Waals surface area contributed by atoms with Gasteiger partial charge in [0.25, 0.3) is 10.1 Å². The summed E-state index contributed by atoms with van der Waals surface area (Å²) in [6.45, 7) is 1.48. The molecule has 0 aliphatic heterocycles. The standard InChI is InChI=1S/C15H22O8S/c16-15(17)6-7-20-8-9-21-10-11-22-12-13-23-24(18,19)14-4-2-1-3-5-14/h1-5H,6-13H2,(H,16,17). The number of hydrogen-bond donors (Lipinski definition) is 1. The van der Waals surface area contributed by atoms with E-state index in [2.05, 4.69) is 0 Å². The van der Waals surface area contributed by atoms with E-state index in [1.54, 1.807) is 18.2 Å². The number of carboxylic acid groups (broad SMARTS) is 1. The van der Waals surface area contributed by atoms with Crippen LogP contribution in [-0.4, -0.2) is 65.7 Å². The maximum absolute atomic E-state index is 11.8. The molecule has 0 saturated carbocycles. The second-order valence-electron chi connectivity index (χ2n) is 4.57. The fraction of sp³-hybridized carbons (Fsp3) is 0.533. The third-order valence-corrected chi connectivity index (χ3v) is 4.03. The van der Waals surface area contributed by atoms with Crippen LogP contribution in [0.3, 0.4) is 0 Å². The van der Waals surface area contributed by atoms with Gasteiger partial charge in [0.05, 0.1) is 57.6 Å². The Morgan fingerprint density at radius 3 is 1.88 bits per heavy atom. The number of carboxylic acids is 1. The maximum atomic E-state index is 11.8. The number of carbonyl (C=O) groups is 1. The molecule has 1 aromatic carbocycles. The molecule has 0 fully saturated rings. The van der Waals surface area contributed by atoms with E-state index in [0.717, 1.165) is 0 Å². The molecule has 0 radical (unpaired) electrons. The summed E-state index contributed by atoms with van der Waals surface area (Å²) < 4.78 is 43.8. The third kappa shape index (κ3) is 9.58. The molecule has 9 heteroatoms. The van der Waals surface area contributed by atoms with Gasteiger partial charge in [-0.1, -0.05) is 18.2 Å². The van der Waals surface area contributed by atoms with Gasteiger partial charge in [-0.3, -0.25) is 8.98 Å². The second kappa shape index (κ2) is 11.9. The quantitative estimate of drug-likeness (QED) is 0.384. The lowest BCUT2D eigenvalue weighted by Gasteiger charge is -2.07. The lowest BCUT2D eigenvalue weighted by Crippen LogP contribution is -2.14. The van der Waals surface area contributed by atoms with Crippen molar-refractivity contribution in [1.82, 2.24) is 0 Å². The predicted molar refractivity (Wildman–Crippen MR) is 84.3 cm³/mol. The van der Waals surface area contributed by atoms with E-state index in [-0.39, 0.29) is 31.1 Å². The number of ether oxygens (including phenoxy) is 3.